The van der Waals surface area contributed by atoms with Gasteiger partial charge in [-0.15, -0.1) is 0 Å². The molecule has 0 aliphatic carbocycles. The standard InChI is InChI=1S/C21H26N4O/c1-16(21(26-2)18-6-4-3-5-7-18)24-19-10-12-25(13-11-19)20-9-8-17(14-22)15-23-20/h3-9,15-16,19,21,24H,10-13H2,1-2H3. The second kappa shape index (κ2) is 8.79. The van der Waals surface area contributed by atoms with Crippen LogP contribution in [0.5, 0.6) is 0 Å². The number of nitriles is 1. The summed E-state index contributed by atoms with van der Waals surface area (Å²) in [5, 5.41) is 12.6. The van der Waals surface area contributed by atoms with Gasteiger partial charge >= 0.3 is 0 Å². The average molecular weight is 350 g/mol. The number of aromatic nitrogens is 1. The Bertz CT molecular complexity index is 718. The molecule has 1 aliphatic rings. The molecule has 0 amide bonds. The van der Waals surface area contributed by atoms with E-state index in [2.05, 4.69) is 52.5 Å². The van der Waals surface area contributed by atoms with Crippen molar-refractivity contribution in [1.29, 1.82) is 5.26 Å². The topological polar surface area (TPSA) is 61.2 Å². The summed E-state index contributed by atoms with van der Waals surface area (Å²) in [5.74, 6) is 0.953. The summed E-state index contributed by atoms with van der Waals surface area (Å²) in [4.78, 5) is 6.69. The van der Waals surface area contributed by atoms with Crippen LogP contribution >= 0.6 is 0 Å². The number of nitrogens with one attached hydrogen (secondary N) is 1. The first-order valence-corrected chi connectivity index (χ1v) is 9.16. The third-order valence-electron chi connectivity index (χ3n) is 5.03. The molecule has 26 heavy (non-hydrogen) atoms. The minimum absolute atomic E-state index is 0.0504. The Balaban J connectivity index is 1.53. The summed E-state index contributed by atoms with van der Waals surface area (Å²) in [5.41, 5.74) is 1.81. The smallest absolute Gasteiger partial charge is 0.128 e. The molecule has 136 valence electrons. The van der Waals surface area contributed by atoms with Crippen molar-refractivity contribution in [2.75, 3.05) is 25.1 Å². The highest BCUT2D eigenvalue weighted by Crippen LogP contribution is 2.23. The van der Waals surface area contributed by atoms with Crippen molar-refractivity contribution in [2.24, 2.45) is 0 Å². The van der Waals surface area contributed by atoms with E-state index in [1.54, 1.807) is 13.3 Å². The normalized spacial score (nSPS) is 17.5. The summed E-state index contributed by atoms with van der Waals surface area (Å²) in [6.07, 6.45) is 3.83. The number of rotatable bonds is 6. The Morgan fingerprint density at radius 3 is 2.50 bits per heavy atom. The van der Waals surface area contributed by atoms with Gasteiger partial charge in [0.05, 0.1) is 11.7 Å². The van der Waals surface area contributed by atoms with E-state index >= 15 is 0 Å². The van der Waals surface area contributed by atoms with Gasteiger partial charge in [-0.05, 0) is 37.5 Å². The van der Waals surface area contributed by atoms with Gasteiger partial charge in [0, 0.05) is 38.5 Å². The van der Waals surface area contributed by atoms with E-state index in [4.69, 9.17) is 10.00 Å². The highest BCUT2D eigenvalue weighted by Gasteiger charge is 2.25. The van der Waals surface area contributed by atoms with E-state index in [1.807, 2.05) is 18.2 Å². The van der Waals surface area contributed by atoms with Crippen LogP contribution in [-0.4, -0.2) is 37.3 Å². The number of anilines is 1. The van der Waals surface area contributed by atoms with Gasteiger partial charge < -0.3 is 15.0 Å². The van der Waals surface area contributed by atoms with Crippen molar-refractivity contribution in [2.45, 2.75) is 38.0 Å². The van der Waals surface area contributed by atoms with E-state index in [-0.39, 0.29) is 12.1 Å². The lowest BCUT2D eigenvalue weighted by Crippen LogP contribution is -2.47. The van der Waals surface area contributed by atoms with Crippen molar-refractivity contribution < 1.29 is 4.74 Å². The molecule has 5 nitrogen and oxygen atoms in total. The Labute approximate surface area is 155 Å². The third kappa shape index (κ3) is 4.40. The molecule has 2 aromatic rings. The molecule has 0 radical (unpaired) electrons. The molecular weight excluding hydrogens is 324 g/mol. The second-order valence-corrected chi connectivity index (χ2v) is 6.80. The summed E-state index contributed by atoms with van der Waals surface area (Å²) in [6.45, 7) is 4.12. The SMILES string of the molecule is COC(c1ccccc1)C(C)NC1CCN(c2ccc(C#N)cn2)CC1. The van der Waals surface area contributed by atoms with Crippen LogP contribution in [0.1, 0.15) is 37.0 Å². The number of ether oxygens (including phenoxy) is 1. The number of hydrogen-bond donors (Lipinski definition) is 1. The van der Waals surface area contributed by atoms with Gasteiger partial charge in [-0.25, -0.2) is 4.98 Å². The number of piperidine rings is 1. The van der Waals surface area contributed by atoms with Crippen molar-refractivity contribution in [1.82, 2.24) is 10.3 Å². The van der Waals surface area contributed by atoms with Gasteiger partial charge in [-0.1, -0.05) is 30.3 Å². The minimum atomic E-state index is 0.0504. The molecule has 1 fully saturated rings. The van der Waals surface area contributed by atoms with Crippen molar-refractivity contribution in [3.63, 3.8) is 0 Å². The average Bonchev–Trinajstić information content (AvgIpc) is 2.70. The fraction of sp³-hybridized carbons (Fsp3) is 0.429. The van der Waals surface area contributed by atoms with Crippen LogP contribution in [0.3, 0.4) is 0 Å². The molecule has 1 saturated heterocycles. The lowest BCUT2D eigenvalue weighted by Gasteiger charge is -2.36. The molecule has 2 heterocycles. The fourth-order valence-electron chi connectivity index (χ4n) is 3.65. The maximum Gasteiger partial charge on any atom is 0.128 e. The number of nitrogens with zero attached hydrogens (tertiary/aromatic N) is 3. The second-order valence-electron chi connectivity index (χ2n) is 6.80. The van der Waals surface area contributed by atoms with Gasteiger partial charge in [-0.3, -0.25) is 0 Å². The zero-order valence-electron chi connectivity index (χ0n) is 15.4. The van der Waals surface area contributed by atoms with E-state index in [0.29, 0.717) is 11.6 Å². The van der Waals surface area contributed by atoms with Gasteiger partial charge in [0.1, 0.15) is 11.9 Å². The first-order chi connectivity index (χ1) is 12.7. The lowest BCUT2D eigenvalue weighted by molar-refractivity contribution is 0.0680. The molecule has 5 heteroatoms. The summed E-state index contributed by atoms with van der Waals surface area (Å²) in [6, 6.07) is 17.0. The summed E-state index contributed by atoms with van der Waals surface area (Å²) < 4.78 is 5.74. The molecule has 3 rings (SSSR count). The van der Waals surface area contributed by atoms with Gasteiger partial charge in [-0.2, -0.15) is 5.26 Å². The first-order valence-electron chi connectivity index (χ1n) is 9.16. The van der Waals surface area contributed by atoms with Crippen LogP contribution in [-0.2, 0) is 4.74 Å². The number of hydrogen-bond acceptors (Lipinski definition) is 5. The van der Waals surface area contributed by atoms with Crippen molar-refractivity contribution in [3.8, 4) is 6.07 Å². The quantitative estimate of drug-likeness (QED) is 0.866. The molecule has 0 spiro atoms. The Kier molecular flexibility index (Phi) is 6.21. The third-order valence-corrected chi connectivity index (χ3v) is 5.03. The van der Waals surface area contributed by atoms with E-state index in [0.717, 1.165) is 31.7 Å². The Morgan fingerprint density at radius 1 is 1.19 bits per heavy atom. The molecule has 1 aromatic carbocycles. The molecule has 0 saturated carbocycles. The van der Waals surface area contributed by atoms with Crippen LogP contribution < -0.4 is 10.2 Å². The van der Waals surface area contributed by atoms with E-state index < -0.39 is 0 Å². The largest absolute Gasteiger partial charge is 0.375 e. The predicted octanol–water partition coefficient (Wildman–Crippen LogP) is 3.29. The fourth-order valence-corrected chi connectivity index (χ4v) is 3.65. The summed E-state index contributed by atoms with van der Waals surface area (Å²) >= 11 is 0. The van der Waals surface area contributed by atoms with Gasteiger partial charge in [0.2, 0.25) is 0 Å². The zero-order valence-corrected chi connectivity index (χ0v) is 15.4. The molecule has 0 bridgehead atoms. The lowest BCUT2D eigenvalue weighted by atomic mass is 9.99. The highest BCUT2D eigenvalue weighted by atomic mass is 16.5. The molecular formula is C21H26N4O. The van der Waals surface area contributed by atoms with Gasteiger partial charge in [0.15, 0.2) is 0 Å². The maximum absolute atomic E-state index is 8.88. The Morgan fingerprint density at radius 2 is 1.92 bits per heavy atom. The summed E-state index contributed by atoms with van der Waals surface area (Å²) in [7, 11) is 1.77. The molecule has 1 aromatic heterocycles. The van der Waals surface area contributed by atoms with E-state index in [9.17, 15) is 0 Å². The molecule has 2 atom stereocenters. The van der Waals surface area contributed by atoms with Crippen LogP contribution in [0.4, 0.5) is 5.82 Å². The highest BCUT2D eigenvalue weighted by molar-refractivity contribution is 5.42. The molecule has 1 N–H and O–H groups in total. The van der Waals surface area contributed by atoms with Crippen LogP contribution in [0.15, 0.2) is 48.7 Å². The first kappa shape index (κ1) is 18.4. The van der Waals surface area contributed by atoms with Crippen LogP contribution in [0.2, 0.25) is 0 Å². The van der Waals surface area contributed by atoms with Crippen molar-refractivity contribution >= 4 is 5.82 Å². The maximum atomic E-state index is 8.88. The molecule has 2 unspecified atom stereocenters. The molecule has 1 aliphatic heterocycles. The monoisotopic (exact) mass is 350 g/mol. The van der Waals surface area contributed by atoms with Gasteiger partial charge in [0.25, 0.3) is 0 Å². The van der Waals surface area contributed by atoms with Crippen LogP contribution in [0.25, 0.3) is 0 Å². The number of pyridine rings is 1. The van der Waals surface area contributed by atoms with Crippen molar-refractivity contribution in [3.05, 3.63) is 59.8 Å². The zero-order chi connectivity index (χ0) is 18.4. The van der Waals surface area contributed by atoms with E-state index in [1.165, 1.54) is 5.56 Å². The number of methoxy groups -OCH3 is 1. The predicted molar refractivity (Wildman–Crippen MR) is 103 cm³/mol. The Hall–Kier alpha value is -2.42. The van der Waals surface area contributed by atoms with Crippen LogP contribution in [0, 0.1) is 11.3 Å². The minimum Gasteiger partial charge on any atom is -0.375 e. The number of benzene rings is 1.